The van der Waals surface area contributed by atoms with Crippen LogP contribution in [-0.2, 0) is 0 Å². The van der Waals surface area contributed by atoms with Gasteiger partial charge in [0, 0.05) is 22.7 Å². The molecule has 1 N–H and O–H groups in total. The molecule has 0 radical (unpaired) electrons. The number of nitrogens with one attached hydrogen (secondary N) is 1. The molecule has 1 amide bonds. The first-order chi connectivity index (χ1) is 14.2. The van der Waals surface area contributed by atoms with Crippen LogP contribution in [0, 0.1) is 0 Å². The van der Waals surface area contributed by atoms with Crippen molar-refractivity contribution in [2.45, 2.75) is 0 Å². The van der Waals surface area contributed by atoms with Crippen LogP contribution in [0.4, 0.5) is 5.69 Å². The number of fused-ring (bicyclic) bond motifs is 2. The van der Waals surface area contributed by atoms with E-state index in [2.05, 4.69) is 10.3 Å². The summed E-state index contributed by atoms with van der Waals surface area (Å²) < 4.78 is 16.6. The Labute approximate surface area is 165 Å². The third kappa shape index (κ3) is 3.21. The molecule has 0 aliphatic heterocycles. The number of aromatic nitrogens is 1. The van der Waals surface area contributed by atoms with Gasteiger partial charge < -0.3 is 18.9 Å². The molecule has 6 heteroatoms. The number of carbonyl (C=O) groups excluding carboxylic acids is 1. The normalized spacial score (nSPS) is 11.1. The number of ether oxygens (including phenoxy) is 1. The van der Waals surface area contributed by atoms with Crippen molar-refractivity contribution in [1.82, 2.24) is 4.98 Å². The van der Waals surface area contributed by atoms with Crippen molar-refractivity contribution in [3.63, 3.8) is 0 Å². The summed E-state index contributed by atoms with van der Waals surface area (Å²) in [5.41, 5.74) is 3.55. The Hall–Kier alpha value is -4.06. The summed E-state index contributed by atoms with van der Waals surface area (Å²) >= 11 is 0. The van der Waals surface area contributed by atoms with E-state index in [0.717, 1.165) is 22.2 Å². The van der Waals surface area contributed by atoms with Crippen molar-refractivity contribution < 1.29 is 18.4 Å². The van der Waals surface area contributed by atoms with E-state index in [9.17, 15) is 4.79 Å². The van der Waals surface area contributed by atoms with E-state index >= 15 is 0 Å². The number of para-hydroxylation sites is 1. The second kappa shape index (κ2) is 6.83. The van der Waals surface area contributed by atoms with Gasteiger partial charge in [-0.2, -0.15) is 0 Å². The van der Waals surface area contributed by atoms with Crippen LogP contribution in [0.25, 0.3) is 33.5 Å². The van der Waals surface area contributed by atoms with Crippen molar-refractivity contribution in [2.24, 2.45) is 0 Å². The Morgan fingerprint density at radius 3 is 2.55 bits per heavy atom. The van der Waals surface area contributed by atoms with Crippen LogP contribution in [0.2, 0.25) is 0 Å². The van der Waals surface area contributed by atoms with E-state index in [1.54, 1.807) is 25.3 Å². The van der Waals surface area contributed by atoms with E-state index in [0.29, 0.717) is 22.7 Å². The van der Waals surface area contributed by atoms with Gasteiger partial charge in [0.1, 0.15) is 16.8 Å². The van der Waals surface area contributed by atoms with E-state index in [1.165, 1.54) is 0 Å². The maximum atomic E-state index is 12.5. The van der Waals surface area contributed by atoms with Crippen LogP contribution in [0.15, 0.2) is 81.6 Å². The van der Waals surface area contributed by atoms with Gasteiger partial charge in [-0.25, -0.2) is 4.98 Å². The zero-order valence-electron chi connectivity index (χ0n) is 15.5. The number of furan rings is 1. The third-order valence-corrected chi connectivity index (χ3v) is 4.63. The van der Waals surface area contributed by atoms with Crippen LogP contribution < -0.4 is 10.1 Å². The Morgan fingerprint density at radius 2 is 1.76 bits per heavy atom. The lowest BCUT2D eigenvalue weighted by Gasteiger charge is -2.03. The summed E-state index contributed by atoms with van der Waals surface area (Å²) in [5, 5.41) is 3.73. The summed E-state index contributed by atoms with van der Waals surface area (Å²) in [7, 11) is 1.61. The number of rotatable bonds is 4. The number of carbonyl (C=O) groups is 1. The number of nitrogens with zero attached hydrogens (tertiary/aromatic N) is 1. The van der Waals surface area contributed by atoms with Gasteiger partial charge in [0.15, 0.2) is 11.3 Å². The quantitative estimate of drug-likeness (QED) is 0.443. The van der Waals surface area contributed by atoms with E-state index in [-0.39, 0.29) is 11.7 Å². The molecular weight excluding hydrogens is 368 g/mol. The largest absolute Gasteiger partial charge is 0.497 e. The minimum absolute atomic E-state index is 0.267. The van der Waals surface area contributed by atoms with Gasteiger partial charge in [-0.3, -0.25) is 4.79 Å². The molecule has 2 aromatic heterocycles. The average Bonchev–Trinajstić information content (AvgIpc) is 3.38. The highest BCUT2D eigenvalue weighted by Gasteiger charge is 2.13. The molecule has 5 rings (SSSR count). The van der Waals surface area contributed by atoms with Crippen LogP contribution in [0.5, 0.6) is 5.75 Å². The van der Waals surface area contributed by atoms with Crippen LogP contribution in [0.3, 0.4) is 0 Å². The smallest absolute Gasteiger partial charge is 0.291 e. The number of oxazole rings is 1. The SMILES string of the molecule is COc1ccc2oc(-c3ccc(NC(=O)c4cc5ccccc5o4)cc3)nc2c1. The van der Waals surface area contributed by atoms with Gasteiger partial charge in [-0.1, -0.05) is 18.2 Å². The summed E-state index contributed by atoms with van der Waals surface area (Å²) in [4.78, 5) is 17.0. The lowest BCUT2D eigenvalue weighted by Crippen LogP contribution is -2.10. The Kier molecular flexibility index (Phi) is 4.02. The van der Waals surface area contributed by atoms with Gasteiger partial charge >= 0.3 is 0 Å². The van der Waals surface area contributed by atoms with Crippen molar-refractivity contribution in [2.75, 3.05) is 12.4 Å². The molecule has 0 saturated carbocycles. The van der Waals surface area contributed by atoms with E-state index < -0.39 is 0 Å². The first kappa shape index (κ1) is 17.1. The number of hydrogen-bond donors (Lipinski definition) is 1. The van der Waals surface area contributed by atoms with Crippen molar-refractivity contribution in [1.29, 1.82) is 0 Å². The Balaban J connectivity index is 1.36. The van der Waals surface area contributed by atoms with Gasteiger partial charge in [0.05, 0.1) is 7.11 Å². The minimum Gasteiger partial charge on any atom is -0.497 e. The number of hydrogen-bond acceptors (Lipinski definition) is 5. The lowest BCUT2D eigenvalue weighted by molar-refractivity contribution is 0.0998. The summed E-state index contributed by atoms with van der Waals surface area (Å²) in [6.07, 6.45) is 0. The zero-order valence-corrected chi connectivity index (χ0v) is 15.5. The predicted molar refractivity (Wildman–Crippen MR) is 110 cm³/mol. The third-order valence-electron chi connectivity index (χ3n) is 4.63. The maximum Gasteiger partial charge on any atom is 0.291 e. The molecule has 0 saturated heterocycles. The number of anilines is 1. The van der Waals surface area contributed by atoms with E-state index in [1.807, 2.05) is 54.6 Å². The highest BCUT2D eigenvalue weighted by Crippen LogP contribution is 2.28. The first-order valence-electron chi connectivity index (χ1n) is 9.04. The second-order valence-electron chi connectivity index (χ2n) is 6.53. The maximum absolute atomic E-state index is 12.5. The predicted octanol–water partition coefficient (Wildman–Crippen LogP) is 5.50. The minimum atomic E-state index is -0.303. The molecule has 0 aliphatic carbocycles. The summed E-state index contributed by atoms with van der Waals surface area (Å²) in [6, 6.07) is 22.0. The number of methoxy groups -OCH3 is 1. The topological polar surface area (TPSA) is 77.5 Å². The molecule has 29 heavy (non-hydrogen) atoms. The van der Waals surface area contributed by atoms with Crippen molar-refractivity contribution in [3.8, 4) is 17.2 Å². The van der Waals surface area contributed by atoms with E-state index in [4.69, 9.17) is 13.6 Å². The van der Waals surface area contributed by atoms with Gasteiger partial charge in [0.2, 0.25) is 5.89 Å². The molecule has 0 fully saturated rings. The first-order valence-corrected chi connectivity index (χ1v) is 9.04. The number of benzene rings is 3. The molecule has 0 atom stereocenters. The standard InChI is InChI=1S/C23H16N2O4/c1-27-17-10-11-20-18(13-17)25-23(29-20)14-6-8-16(9-7-14)24-22(26)21-12-15-4-2-3-5-19(15)28-21/h2-13H,1H3,(H,24,26). The average molecular weight is 384 g/mol. The Morgan fingerprint density at radius 1 is 0.931 bits per heavy atom. The summed E-state index contributed by atoms with van der Waals surface area (Å²) in [6.45, 7) is 0. The Bertz CT molecular complexity index is 1300. The summed E-state index contributed by atoms with van der Waals surface area (Å²) in [5.74, 6) is 1.19. The molecule has 142 valence electrons. The molecule has 0 unspecified atom stereocenters. The lowest BCUT2D eigenvalue weighted by atomic mass is 10.2. The van der Waals surface area contributed by atoms with Crippen LogP contribution in [0.1, 0.15) is 10.6 Å². The molecule has 0 aliphatic rings. The van der Waals surface area contributed by atoms with Gasteiger partial charge in [-0.15, -0.1) is 0 Å². The van der Waals surface area contributed by atoms with Gasteiger partial charge in [0.25, 0.3) is 5.91 Å². The molecular formula is C23H16N2O4. The van der Waals surface area contributed by atoms with Crippen LogP contribution >= 0.6 is 0 Å². The molecule has 0 bridgehead atoms. The van der Waals surface area contributed by atoms with Gasteiger partial charge in [-0.05, 0) is 48.5 Å². The molecule has 0 spiro atoms. The molecule has 6 nitrogen and oxygen atoms in total. The fourth-order valence-corrected chi connectivity index (χ4v) is 3.14. The highest BCUT2D eigenvalue weighted by molar-refractivity contribution is 6.04. The molecule has 5 aromatic rings. The fourth-order valence-electron chi connectivity index (χ4n) is 3.14. The fraction of sp³-hybridized carbons (Fsp3) is 0.0435. The zero-order chi connectivity index (χ0) is 19.8. The highest BCUT2D eigenvalue weighted by atomic mass is 16.5. The van der Waals surface area contributed by atoms with Crippen molar-refractivity contribution in [3.05, 3.63) is 78.6 Å². The molecule has 3 aromatic carbocycles. The monoisotopic (exact) mass is 384 g/mol. The second-order valence-corrected chi connectivity index (χ2v) is 6.53. The van der Waals surface area contributed by atoms with Crippen LogP contribution in [-0.4, -0.2) is 18.0 Å². The van der Waals surface area contributed by atoms with Crippen molar-refractivity contribution >= 4 is 33.7 Å². The number of amides is 1. The molecule has 2 heterocycles.